The lowest BCUT2D eigenvalue weighted by Crippen LogP contribution is -2.49. The Morgan fingerprint density at radius 1 is 1.00 bits per heavy atom. The number of halogens is 3. The number of carbonyl (C=O) groups is 1. The lowest BCUT2D eigenvalue weighted by Gasteiger charge is -2.36. The van der Waals surface area contributed by atoms with Crippen LogP contribution >= 0.6 is 0 Å². The molecule has 0 N–H and O–H groups in total. The molecule has 2 heterocycles. The molecule has 3 aromatic rings. The number of amides is 1. The first-order valence-electron chi connectivity index (χ1n) is 10.9. The molecule has 4 rings (SSSR count). The van der Waals surface area contributed by atoms with Crippen molar-refractivity contribution in [3.05, 3.63) is 77.4 Å². The Labute approximate surface area is 206 Å². The van der Waals surface area contributed by atoms with E-state index < -0.39 is 27.5 Å². The molecule has 0 bridgehead atoms. The van der Waals surface area contributed by atoms with E-state index in [0.717, 1.165) is 30.5 Å². The number of sulfone groups is 1. The van der Waals surface area contributed by atoms with Gasteiger partial charge in [-0.1, -0.05) is 30.3 Å². The first-order valence-corrected chi connectivity index (χ1v) is 12.8. The predicted molar refractivity (Wildman–Crippen MR) is 127 cm³/mol. The Bertz CT molecular complexity index is 1430. The highest BCUT2D eigenvalue weighted by Gasteiger charge is 2.31. The molecular formula is C25H21F3N4O3S. The number of hydrogen-bond acceptors (Lipinski definition) is 6. The van der Waals surface area contributed by atoms with Gasteiger partial charge < -0.3 is 9.80 Å². The van der Waals surface area contributed by atoms with E-state index in [4.69, 9.17) is 0 Å². The van der Waals surface area contributed by atoms with Crippen LogP contribution in [-0.2, 0) is 16.0 Å². The van der Waals surface area contributed by atoms with Gasteiger partial charge in [0.25, 0.3) is 5.91 Å². The number of benzene rings is 2. The van der Waals surface area contributed by atoms with Gasteiger partial charge in [-0.25, -0.2) is 13.4 Å². The number of nitrogens with zero attached hydrogens (tertiary/aromatic N) is 4. The minimum atomic E-state index is -4.48. The van der Waals surface area contributed by atoms with E-state index in [2.05, 4.69) is 4.98 Å². The quantitative estimate of drug-likeness (QED) is 0.522. The van der Waals surface area contributed by atoms with Crippen LogP contribution in [0.2, 0.25) is 0 Å². The highest BCUT2D eigenvalue weighted by molar-refractivity contribution is 7.90. The Hall–Kier alpha value is -3.91. The van der Waals surface area contributed by atoms with Gasteiger partial charge in [-0.2, -0.15) is 18.4 Å². The standard InChI is InChI=1S/C25H21F3N4O3S/c1-36(34,35)21-15-19(16-29)23(30-22(21)17-5-3-2-4-6-17)31-11-13-32(14-12-31)24(33)18-7-9-20(10-8-18)25(26,27)28/h2-10,15H,11-14H2,1H3. The fraction of sp³-hybridized carbons (Fsp3) is 0.240. The molecule has 1 amide bonds. The van der Waals surface area contributed by atoms with Gasteiger partial charge in [0.2, 0.25) is 0 Å². The second-order valence-corrected chi connectivity index (χ2v) is 10.3. The van der Waals surface area contributed by atoms with Gasteiger partial charge in [-0.15, -0.1) is 0 Å². The van der Waals surface area contributed by atoms with Crippen LogP contribution in [0.15, 0.2) is 65.6 Å². The summed E-state index contributed by atoms with van der Waals surface area (Å²) in [6.45, 7) is 1.11. The molecule has 7 nitrogen and oxygen atoms in total. The number of carbonyl (C=O) groups excluding carboxylic acids is 1. The number of alkyl halides is 3. The molecular weight excluding hydrogens is 493 g/mol. The van der Waals surface area contributed by atoms with Crippen LogP contribution in [0.4, 0.5) is 19.0 Å². The summed E-state index contributed by atoms with van der Waals surface area (Å²) in [6.07, 6.45) is -3.42. The number of pyridine rings is 1. The maximum Gasteiger partial charge on any atom is 0.416 e. The summed E-state index contributed by atoms with van der Waals surface area (Å²) in [5.74, 6) is -0.0837. The minimum Gasteiger partial charge on any atom is -0.352 e. The molecule has 1 aliphatic rings. The Kier molecular flexibility index (Phi) is 6.73. The summed E-state index contributed by atoms with van der Waals surface area (Å²) in [5, 5.41) is 9.71. The highest BCUT2D eigenvalue weighted by atomic mass is 32.2. The third-order valence-corrected chi connectivity index (χ3v) is 6.97. The molecule has 1 fully saturated rings. The van der Waals surface area contributed by atoms with Gasteiger partial charge in [0.1, 0.15) is 11.9 Å². The number of rotatable bonds is 4. The number of piperazine rings is 1. The van der Waals surface area contributed by atoms with Crippen LogP contribution in [0.3, 0.4) is 0 Å². The van der Waals surface area contributed by atoms with Crippen LogP contribution in [0.5, 0.6) is 0 Å². The van der Waals surface area contributed by atoms with Crippen molar-refractivity contribution >= 4 is 21.6 Å². The summed E-state index contributed by atoms with van der Waals surface area (Å²) >= 11 is 0. The van der Waals surface area contributed by atoms with Crippen molar-refractivity contribution in [2.75, 3.05) is 37.3 Å². The van der Waals surface area contributed by atoms with Crippen molar-refractivity contribution in [3.63, 3.8) is 0 Å². The van der Waals surface area contributed by atoms with Gasteiger partial charge in [0, 0.05) is 43.6 Å². The first-order chi connectivity index (χ1) is 17.0. The fourth-order valence-corrected chi connectivity index (χ4v) is 4.85. The van der Waals surface area contributed by atoms with Crippen molar-refractivity contribution in [1.82, 2.24) is 9.88 Å². The number of hydrogen-bond donors (Lipinski definition) is 0. The van der Waals surface area contributed by atoms with E-state index in [1.54, 1.807) is 35.2 Å². The zero-order valence-electron chi connectivity index (χ0n) is 19.2. The van der Waals surface area contributed by atoms with Crippen molar-refractivity contribution in [2.24, 2.45) is 0 Å². The third kappa shape index (κ3) is 5.18. The summed E-state index contributed by atoms with van der Waals surface area (Å²) < 4.78 is 63.3. The lowest BCUT2D eigenvalue weighted by atomic mass is 10.1. The van der Waals surface area contributed by atoms with Crippen LogP contribution in [-0.4, -0.2) is 56.6 Å². The zero-order chi connectivity index (χ0) is 26.1. The van der Waals surface area contributed by atoms with E-state index in [1.807, 2.05) is 6.07 Å². The molecule has 0 atom stereocenters. The number of aromatic nitrogens is 1. The predicted octanol–water partition coefficient (Wildman–Crippen LogP) is 4.00. The number of anilines is 1. The molecule has 0 radical (unpaired) electrons. The Morgan fingerprint density at radius 3 is 2.14 bits per heavy atom. The minimum absolute atomic E-state index is 0.0508. The van der Waals surface area contributed by atoms with Gasteiger partial charge >= 0.3 is 6.18 Å². The zero-order valence-corrected chi connectivity index (χ0v) is 20.0. The van der Waals surface area contributed by atoms with Gasteiger partial charge in [-0.05, 0) is 30.3 Å². The lowest BCUT2D eigenvalue weighted by molar-refractivity contribution is -0.137. The smallest absolute Gasteiger partial charge is 0.352 e. The fourth-order valence-electron chi connectivity index (χ4n) is 4.00. The van der Waals surface area contributed by atoms with E-state index >= 15 is 0 Å². The molecule has 36 heavy (non-hydrogen) atoms. The van der Waals surface area contributed by atoms with E-state index in [1.165, 1.54) is 11.0 Å². The maximum atomic E-state index is 12.8. The SMILES string of the molecule is CS(=O)(=O)c1cc(C#N)c(N2CCN(C(=O)c3ccc(C(F)(F)F)cc3)CC2)nc1-c1ccccc1. The molecule has 1 aliphatic heterocycles. The first kappa shape index (κ1) is 25.2. The molecule has 0 spiro atoms. The van der Waals surface area contributed by atoms with Crippen LogP contribution in [0, 0.1) is 11.3 Å². The normalized spacial score (nSPS) is 14.4. The number of nitriles is 1. The van der Waals surface area contributed by atoms with E-state index in [9.17, 15) is 31.6 Å². The van der Waals surface area contributed by atoms with E-state index in [0.29, 0.717) is 24.5 Å². The molecule has 1 saturated heterocycles. The summed E-state index contributed by atoms with van der Waals surface area (Å²) in [6, 6.07) is 16.2. The van der Waals surface area contributed by atoms with Crippen LogP contribution in [0.1, 0.15) is 21.5 Å². The Balaban J connectivity index is 1.58. The molecule has 0 unspecified atom stereocenters. The topological polar surface area (TPSA) is 94.4 Å². The second-order valence-electron chi connectivity index (χ2n) is 8.31. The van der Waals surface area contributed by atoms with Gasteiger partial charge in [-0.3, -0.25) is 4.79 Å². The van der Waals surface area contributed by atoms with Gasteiger partial charge in [0.15, 0.2) is 9.84 Å². The van der Waals surface area contributed by atoms with Crippen molar-refractivity contribution in [2.45, 2.75) is 11.1 Å². The van der Waals surface area contributed by atoms with Crippen LogP contribution in [0.25, 0.3) is 11.3 Å². The summed E-state index contributed by atoms with van der Waals surface area (Å²) in [4.78, 5) is 20.7. The summed E-state index contributed by atoms with van der Waals surface area (Å²) in [7, 11) is -3.68. The van der Waals surface area contributed by atoms with Crippen molar-refractivity contribution < 1.29 is 26.4 Å². The molecule has 1 aromatic heterocycles. The molecule has 0 saturated carbocycles. The van der Waals surface area contributed by atoms with Gasteiger partial charge in [0.05, 0.1) is 21.7 Å². The Morgan fingerprint density at radius 2 is 1.61 bits per heavy atom. The molecule has 186 valence electrons. The third-order valence-electron chi connectivity index (χ3n) is 5.86. The van der Waals surface area contributed by atoms with Crippen LogP contribution < -0.4 is 4.90 Å². The average molecular weight is 515 g/mol. The van der Waals surface area contributed by atoms with Crippen molar-refractivity contribution in [1.29, 1.82) is 5.26 Å². The molecule has 0 aliphatic carbocycles. The average Bonchev–Trinajstić information content (AvgIpc) is 2.87. The van der Waals surface area contributed by atoms with Crippen molar-refractivity contribution in [3.8, 4) is 17.3 Å². The largest absolute Gasteiger partial charge is 0.416 e. The molecule has 2 aromatic carbocycles. The second kappa shape index (κ2) is 9.62. The highest BCUT2D eigenvalue weighted by Crippen LogP contribution is 2.32. The monoisotopic (exact) mass is 514 g/mol. The molecule has 11 heteroatoms. The summed E-state index contributed by atoms with van der Waals surface area (Å²) in [5.41, 5.74) is 0.231. The maximum absolute atomic E-state index is 12.8. The van der Waals surface area contributed by atoms with E-state index in [-0.39, 0.29) is 34.8 Å².